The number of aromatic nitrogens is 2. The highest BCUT2D eigenvalue weighted by Crippen LogP contribution is 2.28. The van der Waals surface area contributed by atoms with Crippen molar-refractivity contribution in [2.24, 2.45) is 0 Å². The summed E-state index contributed by atoms with van der Waals surface area (Å²) in [6, 6.07) is 11.7. The number of thioether (sulfide) groups is 1. The molecule has 0 atom stereocenters. The fraction of sp³-hybridized carbons (Fsp3) is 0.150. The minimum atomic E-state index is -0.651. The van der Waals surface area contributed by atoms with Crippen LogP contribution in [0.2, 0.25) is 0 Å². The largest absolute Gasteiger partial charge is 0.490 e. The fourth-order valence-corrected chi connectivity index (χ4v) is 2.83. The van der Waals surface area contributed by atoms with Crippen LogP contribution in [0.4, 0.5) is 10.2 Å². The molecular formula is C20H18FN3O3S. The van der Waals surface area contributed by atoms with Crippen LogP contribution in [0.3, 0.4) is 0 Å². The number of pyridine rings is 2. The van der Waals surface area contributed by atoms with Gasteiger partial charge in [-0.25, -0.2) is 14.4 Å². The number of anilines is 1. The summed E-state index contributed by atoms with van der Waals surface area (Å²) >= 11 is 1.55. The van der Waals surface area contributed by atoms with Gasteiger partial charge in [0.05, 0.1) is 12.8 Å². The van der Waals surface area contributed by atoms with Crippen molar-refractivity contribution in [3.05, 3.63) is 66.2 Å². The Kier molecular flexibility index (Phi) is 6.44. The van der Waals surface area contributed by atoms with Crippen LogP contribution in [0.1, 0.15) is 17.3 Å². The summed E-state index contributed by atoms with van der Waals surface area (Å²) in [5.74, 6) is -0.130. The molecule has 144 valence electrons. The summed E-state index contributed by atoms with van der Waals surface area (Å²) in [5, 5.41) is 2.62. The van der Waals surface area contributed by atoms with Gasteiger partial charge < -0.3 is 14.8 Å². The molecule has 0 aliphatic rings. The van der Waals surface area contributed by atoms with Crippen molar-refractivity contribution < 1.29 is 18.7 Å². The number of amides is 1. The number of halogens is 1. The quantitative estimate of drug-likeness (QED) is 0.577. The van der Waals surface area contributed by atoms with Gasteiger partial charge in [0, 0.05) is 11.1 Å². The zero-order valence-electron chi connectivity index (χ0n) is 15.3. The van der Waals surface area contributed by atoms with Gasteiger partial charge in [-0.2, -0.15) is 0 Å². The van der Waals surface area contributed by atoms with Crippen LogP contribution in [-0.4, -0.2) is 28.7 Å². The van der Waals surface area contributed by atoms with Crippen molar-refractivity contribution in [2.75, 3.05) is 18.2 Å². The lowest BCUT2D eigenvalue weighted by Gasteiger charge is -2.12. The summed E-state index contributed by atoms with van der Waals surface area (Å²) in [6.07, 6.45) is 4.46. The summed E-state index contributed by atoms with van der Waals surface area (Å²) in [6.45, 7) is 2.24. The van der Waals surface area contributed by atoms with Crippen LogP contribution in [0, 0.1) is 5.82 Å². The first-order valence-electron chi connectivity index (χ1n) is 8.47. The molecule has 2 aromatic heterocycles. The molecule has 0 unspecified atom stereocenters. The summed E-state index contributed by atoms with van der Waals surface area (Å²) in [4.78, 5) is 21.8. The Hall–Kier alpha value is -3.13. The predicted octanol–water partition coefficient (Wildman–Crippen LogP) is 4.78. The molecule has 0 aliphatic heterocycles. The molecule has 0 radical (unpaired) electrons. The number of carbonyl (C=O) groups is 1. The Morgan fingerprint density at radius 3 is 2.86 bits per heavy atom. The smallest absolute Gasteiger partial charge is 0.262 e. The van der Waals surface area contributed by atoms with E-state index in [-0.39, 0.29) is 17.3 Å². The number of ether oxygens (including phenoxy) is 2. The highest BCUT2D eigenvalue weighted by molar-refractivity contribution is 7.98. The molecule has 28 heavy (non-hydrogen) atoms. The lowest BCUT2D eigenvalue weighted by atomic mass is 10.2. The third-order valence-corrected chi connectivity index (χ3v) is 4.35. The number of rotatable bonds is 7. The SMILES string of the molecule is CCOc1cccnc1NC(=O)c1cc(F)cnc1Oc1cccc(SC)c1. The summed E-state index contributed by atoms with van der Waals surface area (Å²) in [5.41, 5.74) is -0.0531. The van der Waals surface area contributed by atoms with E-state index < -0.39 is 11.7 Å². The summed E-state index contributed by atoms with van der Waals surface area (Å²) in [7, 11) is 0. The van der Waals surface area contributed by atoms with Gasteiger partial charge in [0.2, 0.25) is 5.88 Å². The Bertz CT molecular complexity index is 984. The molecule has 1 aromatic carbocycles. The number of hydrogen-bond donors (Lipinski definition) is 1. The number of nitrogens with zero attached hydrogens (tertiary/aromatic N) is 2. The van der Waals surface area contributed by atoms with E-state index in [2.05, 4.69) is 15.3 Å². The second-order valence-electron chi connectivity index (χ2n) is 5.52. The third-order valence-electron chi connectivity index (χ3n) is 3.62. The molecule has 0 bridgehead atoms. The van der Waals surface area contributed by atoms with Crippen LogP contribution < -0.4 is 14.8 Å². The maximum Gasteiger partial charge on any atom is 0.262 e. The van der Waals surface area contributed by atoms with Gasteiger partial charge in [0.1, 0.15) is 17.1 Å². The normalized spacial score (nSPS) is 10.4. The minimum Gasteiger partial charge on any atom is -0.490 e. The molecule has 3 aromatic rings. The third kappa shape index (κ3) is 4.77. The Labute approximate surface area is 166 Å². The van der Waals surface area contributed by atoms with Crippen LogP contribution >= 0.6 is 11.8 Å². The van der Waals surface area contributed by atoms with Crippen LogP contribution in [-0.2, 0) is 0 Å². The topological polar surface area (TPSA) is 73.3 Å². The molecular weight excluding hydrogens is 381 g/mol. The maximum atomic E-state index is 13.8. The minimum absolute atomic E-state index is 0.00829. The van der Waals surface area contributed by atoms with Gasteiger partial charge >= 0.3 is 0 Å². The molecule has 0 spiro atoms. The lowest BCUT2D eigenvalue weighted by molar-refractivity contribution is 0.102. The molecule has 2 heterocycles. The Morgan fingerprint density at radius 2 is 2.07 bits per heavy atom. The number of hydrogen-bond acceptors (Lipinski definition) is 6. The first-order chi connectivity index (χ1) is 13.6. The predicted molar refractivity (Wildman–Crippen MR) is 106 cm³/mol. The Balaban J connectivity index is 1.89. The first kappa shape index (κ1) is 19.6. The second kappa shape index (κ2) is 9.18. The molecule has 6 nitrogen and oxygen atoms in total. The molecule has 8 heteroatoms. The molecule has 1 N–H and O–H groups in total. The molecule has 0 aliphatic carbocycles. The second-order valence-corrected chi connectivity index (χ2v) is 6.40. The van der Waals surface area contributed by atoms with Gasteiger partial charge in [-0.05, 0) is 49.6 Å². The van der Waals surface area contributed by atoms with Crippen LogP contribution in [0.15, 0.2) is 59.8 Å². The Morgan fingerprint density at radius 1 is 1.21 bits per heavy atom. The highest BCUT2D eigenvalue weighted by atomic mass is 32.2. The molecule has 0 fully saturated rings. The van der Waals surface area contributed by atoms with Crippen molar-refractivity contribution in [3.63, 3.8) is 0 Å². The van der Waals surface area contributed by atoms with Crippen molar-refractivity contribution in [2.45, 2.75) is 11.8 Å². The van der Waals surface area contributed by atoms with Crippen LogP contribution in [0.25, 0.3) is 0 Å². The van der Waals surface area contributed by atoms with E-state index in [1.807, 2.05) is 31.4 Å². The highest BCUT2D eigenvalue weighted by Gasteiger charge is 2.18. The molecule has 0 saturated heterocycles. The van der Waals surface area contributed by atoms with Crippen molar-refractivity contribution in [3.8, 4) is 17.4 Å². The van der Waals surface area contributed by atoms with E-state index in [4.69, 9.17) is 9.47 Å². The molecule has 3 rings (SSSR count). The average molecular weight is 399 g/mol. The monoisotopic (exact) mass is 399 g/mol. The molecule has 1 amide bonds. The number of carbonyl (C=O) groups excluding carboxylic acids is 1. The summed E-state index contributed by atoms with van der Waals surface area (Å²) < 4.78 is 25.0. The van der Waals surface area contributed by atoms with Gasteiger partial charge in [0.25, 0.3) is 5.91 Å². The van der Waals surface area contributed by atoms with E-state index in [1.165, 1.54) is 6.20 Å². The zero-order chi connectivity index (χ0) is 19.9. The van der Waals surface area contributed by atoms with E-state index in [1.54, 1.807) is 30.0 Å². The van der Waals surface area contributed by atoms with Crippen molar-refractivity contribution in [1.29, 1.82) is 0 Å². The van der Waals surface area contributed by atoms with E-state index in [9.17, 15) is 9.18 Å². The van der Waals surface area contributed by atoms with Gasteiger partial charge in [-0.15, -0.1) is 11.8 Å². The number of benzene rings is 1. The zero-order valence-corrected chi connectivity index (χ0v) is 16.1. The fourth-order valence-electron chi connectivity index (χ4n) is 2.38. The average Bonchev–Trinajstić information content (AvgIpc) is 2.71. The lowest BCUT2D eigenvalue weighted by Crippen LogP contribution is -2.16. The van der Waals surface area contributed by atoms with Gasteiger partial charge in [0.15, 0.2) is 11.6 Å². The van der Waals surface area contributed by atoms with Gasteiger partial charge in [-0.3, -0.25) is 4.79 Å². The van der Waals surface area contributed by atoms with E-state index >= 15 is 0 Å². The van der Waals surface area contributed by atoms with Crippen molar-refractivity contribution in [1.82, 2.24) is 9.97 Å². The number of nitrogens with one attached hydrogen (secondary N) is 1. The van der Waals surface area contributed by atoms with Gasteiger partial charge in [-0.1, -0.05) is 6.07 Å². The van der Waals surface area contributed by atoms with E-state index in [0.717, 1.165) is 17.2 Å². The maximum absolute atomic E-state index is 13.8. The van der Waals surface area contributed by atoms with Crippen molar-refractivity contribution >= 4 is 23.5 Å². The standard InChI is InChI=1S/C20H18FN3O3S/c1-3-26-17-8-5-9-22-18(17)24-19(25)16-10-13(21)12-23-20(16)27-14-6-4-7-15(11-14)28-2/h4-12H,3H2,1-2H3,(H,22,24,25). The first-order valence-corrected chi connectivity index (χ1v) is 9.69. The molecule has 0 saturated carbocycles. The van der Waals surface area contributed by atoms with E-state index in [0.29, 0.717) is 18.1 Å². The van der Waals surface area contributed by atoms with Crippen LogP contribution in [0.5, 0.6) is 17.4 Å².